The Bertz CT molecular complexity index is 711. The van der Waals surface area contributed by atoms with E-state index in [1.54, 1.807) is 23.1 Å². The molecule has 0 amide bonds. The van der Waals surface area contributed by atoms with E-state index in [0.717, 1.165) is 23.4 Å². The molecule has 2 aromatic heterocycles. The molecule has 2 heterocycles. The highest BCUT2D eigenvalue weighted by Crippen LogP contribution is 2.22. The quantitative estimate of drug-likeness (QED) is 0.692. The molecule has 0 radical (unpaired) electrons. The zero-order valence-electron chi connectivity index (χ0n) is 10.9. The van der Waals surface area contributed by atoms with Crippen molar-refractivity contribution in [3.8, 4) is 17.0 Å². The number of rotatable bonds is 4. The first kappa shape index (κ1) is 12.9. The Morgan fingerprint density at radius 1 is 1.30 bits per heavy atom. The van der Waals surface area contributed by atoms with Crippen LogP contribution in [0.15, 0.2) is 42.9 Å². The first-order chi connectivity index (χ1) is 9.76. The van der Waals surface area contributed by atoms with E-state index in [-0.39, 0.29) is 5.56 Å². The van der Waals surface area contributed by atoms with E-state index < -0.39 is 0 Å². The Balaban J connectivity index is 1.86. The van der Waals surface area contributed by atoms with Gasteiger partial charge >= 0.3 is 0 Å². The van der Waals surface area contributed by atoms with Gasteiger partial charge in [-0.1, -0.05) is 18.5 Å². The van der Waals surface area contributed by atoms with Gasteiger partial charge in [-0.05, 0) is 30.7 Å². The molecule has 3 aromatic rings. The SMILES string of the molecule is CCC(Cl)Oc1ccc(-c2cnn3ccnc3n2)cc1. The number of fused-ring (bicyclic) bond motifs is 1. The molecule has 0 saturated heterocycles. The number of imidazole rings is 1. The summed E-state index contributed by atoms with van der Waals surface area (Å²) in [5, 5.41) is 4.24. The highest BCUT2D eigenvalue weighted by Gasteiger charge is 2.06. The van der Waals surface area contributed by atoms with Crippen molar-refractivity contribution in [3.63, 3.8) is 0 Å². The summed E-state index contributed by atoms with van der Waals surface area (Å²) in [6.07, 6.45) is 5.89. The molecule has 0 bridgehead atoms. The summed E-state index contributed by atoms with van der Waals surface area (Å²) in [6.45, 7) is 1.97. The fraction of sp³-hybridized carbons (Fsp3) is 0.214. The van der Waals surface area contributed by atoms with Gasteiger partial charge < -0.3 is 4.74 Å². The van der Waals surface area contributed by atoms with Gasteiger partial charge in [0.15, 0.2) is 5.56 Å². The molecule has 102 valence electrons. The lowest BCUT2D eigenvalue weighted by Crippen LogP contribution is -2.06. The van der Waals surface area contributed by atoms with E-state index in [4.69, 9.17) is 16.3 Å². The van der Waals surface area contributed by atoms with Crippen LogP contribution in [0.4, 0.5) is 0 Å². The predicted molar refractivity (Wildman–Crippen MR) is 76.8 cm³/mol. The Morgan fingerprint density at radius 2 is 2.10 bits per heavy atom. The monoisotopic (exact) mass is 288 g/mol. The molecule has 1 unspecified atom stereocenters. The fourth-order valence-corrected chi connectivity index (χ4v) is 1.89. The topological polar surface area (TPSA) is 52.3 Å². The van der Waals surface area contributed by atoms with Crippen molar-refractivity contribution in [2.24, 2.45) is 0 Å². The largest absolute Gasteiger partial charge is 0.475 e. The fourth-order valence-electron chi connectivity index (χ4n) is 1.79. The molecular formula is C14H13ClN4O. The van der Waals surface area contributed by atoms with E-state index in [9.17, 15) is 0 Å². The summed E-state index contributed by atoms with van der Waals surface area (Å²) in [5.41, 5.74) is 1.42. The molecule has 6 heteroatoms. The van der Waals surface area contributed by atoms with Crippen LogP contribution in [0.25, 0.3) is 17.0 Å². The minimum Gasteiger partial charge on any atom is -0.475 e. The second kappa shape index (κ2) is 5.46. The number of hydrogen-bond acceptors (Lipinski definition) is 4. The molecule has 1 atom stereocenters. The second-order valence-electron chi connectivity index (χ2n) is 4.27. The number of benzene rings is 1. The molecule has 0 spiro atoms. The zero-order valence-corrected chi connectivity index (χ0v) is 11.7. The maximum atomic E-state index is 5.95. The lowest BCUT2D eigenvalue weighted by molar-refractivity contribution is 0.277. The van der Waals surface area contributed by atoms with Gasteiger partial charge in [0.1, 0.15) is 5.75 Å². The van der Waals surface area contributed by atoms with Crippen LogP contribution in [-0.2, 0) is 0 Å². The average molecular weight is 289 g/mol. The van der Waals surface area contributed by atoms with Gasteiger partial charge in [0.05, 0.1) is 18.1 Å². The van der Waals surface area contributed by atoms with Crippen molar-refractivity contribution >= 4 is 17.4 Å². The van der Waals surface area contributed by atoms with E-state index in [1.165, 1.54) is 0 Å². The predicted octanol–water partition coefficient (Wildman–Crippen LogP) is 3.15. The highest BCUT2D eigenvalue weighted by molar-refractivity contribution is 6.19. The van der Waals surface area contributed by atoms with Crippen LogP contribution >= 0.6 is 11.6 Å². The molecule has 0 aliphatic heterocycles. The van der Waals surface area contributed by atoms with Gasteiger partial charge in [-0.25, -0.2) is 14.5 Å². The summed E-state index contributed by atoms with van der Waals surface area (Å²) in [5.74, 6) is 1.32. The first-order valence-electron chi connectivity index (χ1n) is 6.34. The normalized spacial score (nSPS) is 12.5. The van der Waals surface area contributed by atoms with Gasteiger partial charge in [0, 0.05) is 11.8 Å². The summed E-state index contributed by atoms with van der Waals surface area (Å²) >= 11 is 5.95. The Kier molecular flexibility index (Phi) is 3.52. The van der Waals surface area contributed by atoms with Crippen molar-refractivity contribution in [3.05, 3.63) is 42.9 Å². The molecule has 1 aromatic carbocycles. The van der Waals surface area contributed by atoms with Crippen LogP contribution in [0.3, 0.4) is 0 Å². The molecule has 0 aliphatic carbocycles. The third kappa shape index (κ3) is 2.58. The smallest absolute Gasteiger partial charge is 0.251 e. The average Bonchev–Trinajstić information content (AvgIpc) is 2.95. The molecule has 20 heavy (non-hydrogen) atoms. The van der Waals surface area contributed by atoms with Gasteiger partial charge in [-0.2, -0.15) is 5.10 Å². The zero-order chi connectivity index (χ0) is 13.9. The molecule has 0 N–H and O–H groups in total. The van der Waals surface area contributed by atoms with Gasteiger partial charge in [0.25, 0.3) is 5.78 Å². The molecule has 5 nitrogen and oxygen atoms in total. The number of halogens is 1. The van der Waals surface area contributed by atoms with Crippen LogP contribution in [-0.4, -0.2) is 25.1 Å². The van der Waals surface area contributed by atoms with Crippen LogP contribution in [0.5, 0.6) is 5.75 Å². The van der Waals surface area contributed by atoms with Crippen LogP contribution in [0.2, 0.25) is 0 Å². The highest BCUT2D eigenvalue weighted by atomic mass is 35.5. The van der Waals surface area contributed by atoms with E-state index in [1.807, 2.05) is 31.2 Å². The van der Waals surface area contributed by atoms with Crippen molar-refractivity contribution < 1.29 is 4.74 Å². The van der Waals surface area contributed by atoms with E-state index in [2.05, 4.69) is 15.1 Å². The van der Waals surface area contributed by atoms with Crippen LogP contribution < -0.4 is 4.74 Å². The molecule has 0 aliphatic rings. The standard InChI is InChI=1S/C14H13ClN4O/c1-2-13(15)20-11-5-3-10(4-6-11)12-9-17-19-8-7-16-14(19)18-12/h3-9,13H,2H2,1H3. The summed E-state index contributed by atoms with van der Waals surface area (Å²) in [6, 6.07) is 7.60. The Morgan fingerprint density at radius 3 is 2.85 bits per heavy atom. The van der Waals surface area contributed by atoms with Crippen molar-refractivity contribution in [2.75, 3.05) is 0 Å². The second-order valence-corrected chi connectivity index (χ2v) is 4.76. The van der Waals surface area contributed by atoms with Crippen LogP contribution in [0.1, 0.15) is 13.3 Å². The number of alkyl halides is 1. The minimum atomic E-state index is -0.304. The summed E-state index contributed by atoms with van der Waals surface area (Å²) < 4.78 is 7.15. The van der Waals surface area contributed by atoms with Crippen molar-refractivity contribution in [1.82, 2.24) is 19.6 Å². The Hall–Kier alpha value is -2.14. The molecule has 0 saturated carbocycles. The third-order valence-electron chi connectivity index (χ3n) is 2.86. The molecule has 3 rings (SSSR count). The maximum Gasteiger partial charge on any atom is 0.251 e. The molecule has 0 fully saturated rings. The van der Waals surface area contributed by atoms with Gasteiger partial charge in [-0.3, -0.25) is 0 Å². The number of aromatic nitrogens is 4. The summed E-state index contributed by atoms with van der Waals surface area (Å²) in [7, 11) is 0. The van der Waals surface area contributed by atoms with Gasteiger partial charge in [0.2, 0.25) is 0 Å². The number of hydrogen-bond donors (Lipinski definition) is 0. The van der Waals surface area contributed by atoms with E-state index >= 15 is 0 Å². The van der Waals surface area contributed by atoms with Gasteiger partial charge in [-0.15, -0.1) is 0 Å². The molecular weight excluding hydrogens is 276 g/mol. The first-order valence-corrected chi connectivity index (χ1v) is 6.77. The lowest BCUT2D eigenvalue weighted by Gasteiger charge is -2.10. The number of ether oxygens (including phenoxy) is 1. The third-order valence-corrected chi connectivity index (χ3v) is 3.26. The number of nitrogens with zero attached hydrogens (tertiary/aromatic N) is 4. The van der Waals surface area contributed by atoms with Crippen LogP contribution in [0, 0.1) is 0 Å². The lowest BCUT2D eigenvalue weighted by atomic mass is 10.1. The minimum absolute atomic E-state index is 0.304. The van der Waals surface area contributed by atoms with Crippen molar-refractivity contribution in [1.29, 1.82) is 0 Å². The van der Waals surface area contributed by atoms with Crippen molar-refractivity contribution in [2.45, 2.75) is 18.9 Å². The van der Waals surface area contributed by atoms with E-state index in [0.29, 0.717) is 5.78 Å². The maximum absolute atomic E-state index is 5.95. The summed E-state index contributed by atoms with van der Waals surface area (Å²) in [4.78, 5) is 8.55. The Labute approximate surface area is 121 Å².